The fourth-order valence-electron chi connectivity index (χ4n) is 1.79. The van der Waals surface area contributed by atoms with Crippen molar-refractivity contribution in [2.45, 2.75) is 29.5 Å². The molecule has 0 aromatic carbocycles. The number of hydrogen-bond acceptors (Lipinski definition) is 4. The van der Waals surface area contributed by atoms with Crippen LogP contribution in [0.4, 0.5) is 0 Å². The van der Waals surface area contributed by atoms with Gasteiger partial charge in [0.05, 0.1) is 10.6 Å². The van der Waals surface area contributed by atoms with Crippen LogP contribution in [0, 0.1) is 0 Å². The Balaban J connectivity index is 1.99. The van der Waals surface area contributed by atoms with Crippen LogP contribution in [-0.4, -0.2) is 33.8 Å². The molecule has 0 radical (unpaired) electrons. The van der Waals surface area contributed by atoms with Gasteiger partial charge in [-0.25, -0.2) is 9.78 Å². The maximum absolute atomic E-state index is 11.4. The lowest BCUT2D eigenvalue weighted by atomic mass is 10.2. The number of carbonyl (C=O) groups is 2. The van der Waals surface area contributed by atoms with E-state index in [0.29, 0.717) is 6.42 Å². The second kappa shape index (κ2) is 5.86. The average molecular weight is 266 g/mol. The van der Waals surface area contributed by atoms with E-state index in [4.69, 9.17) is 5.11 Å². The summed E-state index contributed by atoms with van der Waals surface area (Å²) in [5.74, 6) is -0.903. The number of hydrogen-bond donors (Lipinski definition) is 2. The molecule has 1 aliphatic rings. The Morgan fingerprint density at radius 2 is 2.33 bits per heavy atom. The van der Waals surface area contributed by atoms with Crippen molar-refractivity contribution in [2.75, 3.05) is 6.54 Å². The van der Waals surface area contributed by atoms with E-state index in [9.17, 15) is 9.59 Å². The summed E-state index contributed by atoms with van der Waals surface area (Å²) in [5, 5.41) is 12.6. The number of carboxylic acids is 1. The highest BCUT2D eigenvalue weighted by atomic mass is 32.2. The number of pyridine rings is 1. The van der Waals surface area contributed by atoms with Crippen molar-refractivity contribution in [3.8, 4) is 0 Å². The van der Waals surface area contributed by atoms with Crippen molar-refractivity contribution in [2.24, 2.45) is 0 Å². The molecule has 18 heavy (non-hydrogen) atoms. The molecular formula is C12H14N2O3S. The summed E-state index contributed by atoms with van der Waals surface area (Å²) >= 11 is 1.54. The minimum Gasteiger partial charge on any atom is -0.478 e. The van der Waals surface area contributed by atoms with E-state index in [1.54, 1.807) is 6.07 Å². The molecular weight excluding hydrogens is 252 g/mol. The van der Waals surface area contributed by atoms with Crippen molar-refractivity contribution in [3.63, 3.8) is 0 Å². The van der Waals surface area contributed by atoms with Gasteiger partial charge in [-0.05, 0) is 25.0 Å². The van der Waals surface area contributed by atoms with Crippen LogP contribution < -0.4 is 5.32 Å². The van der Waals surface area contributed by atoms with Gasteiger partial charge in [-0.2, -0.15) is 0 Å². The van der Waals surface area contributed by atoms with Crippen LogP contribution in [0.5, 0.6) is 0 Å². The summed E-state index contributed by atoms with van der Waals surface area (Å²) in [5.41, 5.74) is 0.179. The molecule has 1 fully saturated rings. The molecule has 5 nitrogen and oxygen atoms in total. The Kier molecular flexibility index (Phi) is 4.19. The number of thioether (sulfide) groups is 1. The van der Waals surface area contributed by atoms with Crippen molar-refractivity contribution < 1.29 is 14.7 Å². The molecule has 1 aromatic rings. The summed E-state index contributed by atoms with van der Waals surface area (Å²) < 4.78 is 0. The number of aromatic nitrogens is 1. The Hall–Kier alpha value is -1.56. The van der Waals surface area contributed by atoms with Gasteiger partial charge in [0.15, 0.2) is 0 Å². The number of amides is 1. The molecule has 0 bridgehead atoms. The summed E-state index contributed by atoms with van der Waals surface area (Å²) in [6.07, 6.45) is 3.77. The zero-order valence-electron chi connectivity index (χ0n) is 9.76. The van der Waals surface area contributed by atoms with E-state index in [-0.39, 0.29) is 16.7 Å². The van der Waals surface area contributed by atoms with Gasteiger partial charge in [0.25, 0.3) is 0 Å². The lowest BCUT2D eigenvalue weighted by Crippen LogP contribution is -2.22. The normalized spacial score (nSPS) is 20.0. The maximum atomic E-state index is 11.4. The van der Waals surface area contributed by atoms with Gasteiger partial charge in [0.2, 0.25) is 5.91 Å². The Morgan fingerprint density at radius 1 is 1.50 bits per heavy atom. The minimum absolute atomic E-state index is 0.0761. The third-order valence-corrected chi connectivity index (χ3v) is 3.93. The Labute approximate surface area is 109 Å². The van der Waals surface area contributed by atoms with Crippen molar-refractivity contribution in [1.29, 1.82) is 0 Å². The van der Waals surface area contributed by atoms with Crippen LogP contribution in [0.3, 0.4) is 0 Å². The van der Waals surface area contributed by atoms with Gasteiger partial charge in [-0.15, -0.1) is 11.8 Å². The van der Waals surface area contributed by atoms with E-state index in [0.717, 1.165) is 24.4 Å². The second-order valence-electron chi connectivity index (χ2n) is 4.13. The van der Waals surface area contributed by atoms with Crippen LogP contribution in [-0.2, 0) is 4.79 Å². The highest BCUT2D eigenvalue weighted by molar-refractivity contribution is 7.99. The van der Waals surface area contributed by atoms with Gasteiger partial charge in [0, 0.05) is 24.4 Å². The molecule has 1 aromatic heterocycles. The maximum Gasteiger partial charge on any atom is 0.337 e. The molecule has 0 spiro atoms. The topological polar surface area (TPSA) is 79.3 Å². The first-order valence-electron chi connectivity index (χ1n) is 5.78. The fourth-order valence-corrected chi connectivity index (χ4v) is 2.91. The van der Waals surface area contributed by atoms with Gasteiger partial charge in [-0.1, -0.05) is 0 Å². The van der Waals surface area contributed by atoms with Gasteiger partial charge >= 0.3 is 5.97 Å². The van der Waals surface area contributed by atoms with Crippen LogP contribution in [0.25, 0.3) is 0 Å². The summed E-state index contributed by atoms with van der Waals surface area (Å²) in [4.78, 5) is 26.2. The highest BCUT2D eigenvalue weighted by Crippen LogP contribution is 2.28. The van der Waals surface area contributed by atoms with Gasteiger partial charge < -0.3 is 10.4 Å². The molecule has 0 aliphatic carbocycles. The first-order chi connectivity index (χ1) is 8.65. The van der Waals surface area contributed by atoms with Gasteiger partial charge in [0.1, 0.15) is 0 Å². The van der Waals surface area contributed by atoms with Crippen molar-refractivity contribution in [3.05, 3.63) is 23.9 Å². The third kappa shape index (κ3) is 3.46. The van der Waals surface area contributed by atoms with Gasteiger partial charge in [-0.3, -0.25) is 4.79 Å². The molecule has 96 valence electrons. The molecule has 1 atom stereocenters. The summed E-state index contributed by atoms with van der Waals surface area (Å²) in [7, 11) is 0. The predicted molar refractivity (Wildman–Crippen MR) is 67.7 cm³/mol. The Bertz CT molecular complexity index is 447. The standard InChI is InChI=1S/C12H14N2O3S/c15-10-6-9(2-1-5-13-10)18-11-4-3-8(7-14-11)12(16)17/h3-4,7,9H,1-2,5-6H2,(H,13,15)(H,16,17). The minimum atomic E-state index is -0.979. The number of aromatic carboxylic acids is 1. The largest absolute Gasteiger partial charge is 0.478 e. The zero-order chi connectivity index (χ0) is 13.0. The molecule has 2 heterocycles. The molecule has 1 saturated heterocycles. The molecule has 0 saturated carbocycles. The highest BCUT2D eigenvalue weighted by Gasteiger charge is 2.18. The lowest BCUT2D eigenvalue weighted by molar-refractivity contribution is -0.120. The quantitative estimate of drug-likeness (QED) is 0.867. The first kappa shape index (κ1) is 12.9. The molecule has 1 amide bonds. The monoisotopic (exact) mass is 266 g/mol. The lowest BCUT2D eigenvalue weighted by Gasteiger charge is -2.11. The zero-order valence-corrected chi connectivity index (χ0v) is 10.6. The number of nitrogens with zero attached hydrogens (tertiary/aromatic N) is 1. The average Bonchev–Trinajstić information content (AvgIpc) is 2.54. The van der Waals surface area contributed by atoms with Crippen LogP contribution >= 0.6 is 11.8 Å². The molecule has 1 unspecified atom stereocenters. The molecule has 6 heteroatoms. The number of rotatable bonds is 3. The molecule has 2 N–H and O–H groups in total. The SMILES string of the molecule is O=C1CC(Sc2ccc(C(=O)O)cn2)CCCN1. The van der Waals surface area contributed by atoms with Crippen LogP contribution in [0.15, 0.2) is 23.4 Å². The van der Waals surface area contributed by atoms with Crippen molar-refractivity contribution in [1.82, 2.24) is 10.3 Å². The number of nitrogens with one attached hydrogen (secondary N) is 1. The van der Waals surface area contributed by atoms with Crippen molar-refractivity contribution >= 4 is 23.6 Å². The first-order valence-corrected chi connectivity index (χ1v) is 6.66. The van der Waals surface area contributed by atoms with E-state index < -0.39 is 5.97 Å². The second-order valence-corrected chi connectivity index (χ2v) is 5.45. The van der Waals surface area contributed by atoms with E-state index >= 15 is 0 Å². The fraction of sp³-hybridized carbons (Fsp3) is 0.417. The van der Waals surface area contributed by atoms with E-state index in [1.807, 2.05) is 0 Å². The smallest absolute Gasteiger partial charge is 0.337 e. The molecule has 2 rings (SSSR count). The summed E-state index contributed by atoms with van der Waals surface area (Å²) in [6.45, 7) is 0.737. The number of carboxylic acid groups (broad SMARTS) is 1. The third-order valence-electron chi connectivity index (χ3n) is 2.71. The van der Waals surface area contributed by atoms with Crippen LogP contribution in [0.1, 0.15) is 29.6 Å². The molecule has 1 aliphatic heterocycles. The van der Waals surface area contributed by atoms with Crippen LogP contribution in [0.2, 0.25) is 0 Å². The van der Waals surface area contributed by atoms with E-state index in [2.05, 4.69) is 10.3 Å². The predicted octanol–water partition coefficient (Wildman–Crippen LogP) is 1.54. The van der Waals surface area contributed by atoms with E-state index in [1.165, 1.54) is 24.0 Å². The summed E-state index contributed by atoms with van der Waals surface area (Å²) in [6, 6.07) is 3.23. The Morgan fingerprint density at radius 3 is 3.00 bits per heavy atom. The number of carbonyl (C=O) groups excluding carboxylic acids is 1.